The highest BCUT2D eigenvalue weighted by Gasteiger charge is 2.27. The van der Waals surface area contributed by atoms with Gasteiger partial charge in [0.1, 0.15) is 5.69 Å². The van der Waals surface area contributed by atoms with E-state index in [2.05, 4.69) is 29.9 Å². The molecule has 2 atom stereocenters. The van der Waals surface area contributed by atoms with Crippen LogP contribution < -0.4 is 0 Å². The summed E-state index contributed by atoms with van der Waals surface area (Å²) >= 11 is 0. The van der Waals surface area contributed by atoms with Crippen molar-refractivity contribution in [2.45, 2.75) is 20.3 Å². The third-order valence-electron chi connectivity index (χ3n) is 4.75. The van der Waals surface area contributed by atoms with Gasteiger partial charge in [-0.25, -0.2) is 0 Å². The Morgan fingerprint density at radius 1 is 1.17 bits per heavy atom. The molecule has 3 heterocycles. The van der Waals surface area contributed by atoms with Crippen molar-refractivity contribution >= 4 is 27.7 Å². The summed E-state index contributed by atoms with van der Waals surface area (Å²) in [6, 6.07) is 10.0. The van der Waals surface area contributed by atoms with Crippen LogP contribution in [0.5, 0.6) is 0 Å². The van der Waals surface area contributed by atoms with Crippen molar-refractivity contribution < 1.29 is 4.79 Å². The lowest BCUT2D eigenvalue weighted by molar-refractivity contribution is 0.0618. The number of pyridine rings is 1. The van der Waals surface area contributed by atoms with Crippen molar-refractivity contribution in [2.24, 2.45) is 11.8 Å². The lowest BCUT2D eigenvalue weighted by Crippen LogP contribution is -2.42. The number of aromatic nitrogens is 2. The second kappa shape index (κ2) is 5.37. The minimum atomic E-state index is 0.101. The van der Waals surface area contributed by atoms with Crippen LogP contribution in [-0.2, 0) is 0 Å². The first-order chi connectivity index (χ1) is 11.1. The first-order valence-electron chi connectivity index (χ1n) is 8.27. The van der Waals surface area contributed by atoms with Crippen molar-refractivity contribution in [3.8, 4) is 0 Å². The largest absolute Gasteiger partial charge is 0.349 e. The lowest BCUT2D eigenvalue weighted by Gasteiger charge is -2.34. The fourth-order valence-electron chi connectivity index (χ4n) is 3.85. The standard InChI is InChI=1S/C19H21N3O/c1-12-8-13(2)11-22(10-12)19(23)16-9-15-6-5-14-4-3-7-20-17(14)18(15)21-16/h3-7,9,12-13,21H,8,10-11H2,1-2H3/t12-,13-/m0/s1. The molecule has 1 saturated heterocycles. The van der Waals surface area contributed by atoms with Crippen LogP contribution in [0.1, 0.15) is 30.8 Å². The van der Waals surface area contributed by atoms with Gasteiger partial charge in [-0.1, -0.05) is 32.0 Å². The number of hydrogen-bond donors (Lipinski definition) is 1. The topological polar surface area (TPSA) is 49.0 Å². The molecule has 0 radical (unpaired) electrons. The predicted octanol–water partition coefficient (Wildman–Crippen LogP) is 3.83. The van der Waals surface area contributed by atoms with Crippen molar-refractivity contribution in [3.05, 3.63) is 42.2 Å². The highest BCUT2D eigenvalue weighted by molar-refractivity contribution is 6.07. The summed E-state index contributed by atoms with van der Waals surface area (Å²) in [6.45, 7) is 6.13. The van der Waals surface area contributed by atoms with Gasteiger partial charge in [0, 0.05) is 30.1 Å². The first kappa shape index (κ1) is 14.2. The van der Waals surface area contributed by atoms with Gasteiger partial charge in [0.25, 0.3) is 5.91 Å². The van der Waals surface area contributed by atoms with E-state index in [1.807, 2.05) is 29.2 Å². The van der Waals surface area contributed by atoms with Gasteiger partial charge in [0.2, 0.25) is 0 Å². The lowest BCUT2D eigenvalue weighted by atomic mass is 9.92. The number of benzene rings is 1. The Labute approximate surface area is 135 Å². The van der Waals surface area contributed by atoms with Crippen LogP contribution in [0.15, 0.2) is 36.5 Å². The molecule has 1 N–H and O–H groups in total. The van der Waals surface area contributed by atoms with Crippen LogP contribution in [0.25, 0.3) is 21.8 Å². The van der Waals surface area contributed by atoms with Gasteiger partial charge in [0.15, 0.2) is 0 Å². The number of carbonyl (C=O) groups excluding carboxylic acids is 1. The first-order valence-corrected chi connectivity index (χ1v) is 8.27. The molecule has 1 fully saturated rings. The maximum Gasteiger partial charge on any atom is 0.270 e. The van der Waals surface area contributed by atoms with Crippen molar-refractivity contribution in [1.29, 1.82) is 0 Å². The fraction of sp³-hybridized carbons (Fsp3) is 0.368. The molecule has 1 amide bonds. The van der Waals surface area contributed by atoms with Gasteiger partial charge in [-0.05, 0) is 30.4 Å². The van der Waals surface area contributed by atoms with Crippen molar-refractivity contribution in [2.75, 3.05) is 13.1 Å². The number of amides is 1. The molecule has 0 bridgehead atoms. The smallest absolute Gasteiger partial charge is 0.270 e. The van der Waals surface area contributed by atoms with E-state index in [-0.39, 0.29) is 5.91 Å². The number of aromatic amines is 1. The normalized spacial score (nSPS) is 21.9. The van der Waals surface area contributed by atoms with Gasteiger partial charge < -0.3 is 9.88 Å². The third-order valence-corrected chi connectivity index (χ3v) is 4.75. The van der Waals surface area contributed by atoms with E-state index in [9.17, 15) is 4.79 Å². The van der Waals surface area contributed by atoms with Crippen LogP contribution in [0.4, 0.5) is 0 Å². The zero-order valence-electron chi connectivity index (χ0n) is 13.5. The van der Waals surface area contributed by atoms with E-state index < -0.39 is 0 Å². The van der Waals surface area contributed by atoms with E-state index in [1.165, 1.54) is 6.42 Å². The van der Waals surface area contributed by atoms with E-state index in [1.54, 1.807) is 6.20 Å². The summed E-state index contributed by atoms with van der Waals surface area (Å²) in [6.07, 6.45) is 2.99. The number of H-pyrrole nitrogens is 1. The van der Waals surface area contributed by atoms with Crippen LogP contribution >= 0.6 is 0 Å². The van der Waals surface area contributed by atoms with Crippen molar-refractivity contribution in [1.82, 2.24) is 14.9 Å². The Morgan fingerprint density at radius 2 is 1.91 bits per heavy atom. The molecular weight excluding hydrogens is 286 g/mol. The number of fused-ring (bicyclic) bond motifs is 3. The molecule has 1 aliphatic heterocycles. The van der Waals surface area contributed by atoms with E-state index >= 15 is 0 Å². The average Bonchev–Trinajstić information content (AvgIpc) is 2.98. The maximum atomic E-state index is 12.9. The monoisotopic (exact) mass is 307 g/mol. The SMILES string of the molecule is C[C@H]1C[C@H](C)CN(C(=O)c2cc3ccc4cccnc4c3[nH]2)C1. The molecule has 0 aliphatic carbocycles. The Kier molecular flexibility index (Phi) is 3.33. The molecule has 4 heteroatoms. The number of rotatable bonds is 1. The minimum Gasteiger partial charge on any atom is -0.349 e. The number of hydrogen-bond acceptors (Lipinski definition) is 2. The average molecular weight is 307 g/mol. The zero-order chi connectivity index (χ0) is 16.0. The van der Waals surface area contributed by atoms with E-state index in [4.69, 9.17) is 0 Å². The Morgan fingerprint density at radius 3 is 2.70 bits per heavy atom. The molecule has 1 aromatic carbocycles. The Hall–Kier alpha value is -2.36. The highest BCUT2D eigenvalue weighted by atomic mass is 16.2. The molecule has 3 aromatic rings. The second-order valence-corrected chi connectivity index (χ2v) is 6.94. The molecule has 23 heavy (non-hydrogen) atoms. The number of likely N-dealkylation sites (tertiary alicyclic amines) is 1. The summed E-state index contributed by atoms with van der Waals surface area (Å²) in [5.74, 6) is 1.23. The molecule has 4 nitrogen and oxygen atoms in total. The molecule has 0 spiro atoms. The molecule has 2 aromatic heterocycles. The van der Waals surface area contributed by atoms with Gasteiger partial charge >= 0.3 is 0 Å². The molecule has 1 aliphatic rings. The molecule has 118 valence electrons. The summed E-state index contributed by atoms with van der Waals surface area (Å²) < 4.78 is 0. The quantitative estimate of drug-likeness (QED) is 0.742. The summed E-state index contributed by atoms with van der Waals surface area (Å²) in [4.78, 5) is 22.6. The summed E-state index contributed by atoms with van der Waals surface area (Å²) in [7, 11) is 0. The van der Waals surface area contributed by atoms with Crippen LogP contribution in [0.3, 0.4) is 0 Å². The zero-order valence-corrected chi connectivity index (χ0v) is 13.5. The molecular formula is C19H21N3O. The van der Waals surface area contributed by atoms with Crippen LogP contribution in [0.2, 0.25) is 0 Å². The van der Waals surface area contributed by atoms with Crippen LogP contribution in [-0.4, -0.2) is 33.9 Å². The van der Waals surface area contributed by atoms with Gasteiger partial charge in [-0.2, -0.15) is 0 Å². The predicted molar refractivity (Wildman–Crippen MR) is 92.4 cm³/mol. The molecule has 0 saturated carbocycles. The Balaban J connectivity index is 1.74. The highest BCUT2D eigenvalue weighted by Crippen LogP contribution is 2.26. The third kappa shape index (κ3) is 2.48. The molecule has 0 unspecified atom stereocenters. The number of nitrogens with zero attached hydrogens (tertiary/aromatic N) is 2. The maximum absolute atomic E-state index is 12.9. The van der Waals surface area contributed by atoms with E-state index in [0.29, 0.717) is 17.5 Å². The van der Waals surface area contributed by atoms with Crippen molar-refractivity contribution in [3.63, 3.8) is 0 Å². The fourth-order valence-corrected chi connectivity index (χ4v) is 3.85. The Bertz CT molecular complexity index is 873. The number of piperidine rings is 1. The number of carbonyl (C=O) groups is 1. The van der Waals surface area contributed by atoms with E-state index in [0.717, 1.165) is 34.9 Å². The number of nitrogens with one attached hydrogen (secondary N) is 1. The van der Waals surface area contributed by atoms with Gasteiger partial charge in [-0.15, -0.1) is 0 Å². The summed E-state index contributed by atoms with van der Waals surface area (Å²) in [5, 5.41) is 2.12. The molecule has 4 rings (SSSR count). The summed E-state index contributed by atoms with van der Waals surface area (Å²) in [5.41, 5.74) is 2.54. The van der Waals surface area contributed by atoms with Gasteiger partial charge in [0.05, 0.1) is 11.0 Å². The second-order valence-electron chi connectivity index (χ2n) is 6.94. The minimum absolute atomic E-state index is 0.101. The van der Waals surface area contributed by atoms with Gasteiger partial charge in [-0.3, -0.25) is 9.78 Å². The van der Waals surface area contributed by atoms with Crippen LogP contribution in [0, 0.1) is 11.8 Å².